The van der Waals surface area contributed by atoms with Crippen LogP contribution >= 0.6 is 11.8 Å². The van der Waals surface area contributed by atoms with Gasteiger partial charge in [0.2, 0.25) is 0 Å². The van der Waals surface area contributed by atoms with E-state index in [0.717, 1.165) is 0 Å². The zero-order valence-corrected chi connectivity index (χ0v) is 8.62. The first-order valence-electron chi connectivity index (χ1n) is 4.89. The maximum Gasteiger partial charge on any atom is 0.0794 e. The largest absolute Gasteiger partial charge is 0.314 e. The van der Waals surface area contributed by atoms with E-state index in [1.54, 1.807) is 0 Å². The van der Waals surface area contributed by atoms with Crippen molar-refractivity contribution < 1.29 is 0 Å². The number of hydrogen-bond donors (Lipinski definition) is 1. The molecule has 0 saturated carbocycles. The van der Waals surface area contributed by atoms with Crippen LogP contribution in [0.1, 0.15) is 19.3 Å². The molecule has 1 spiro atoms. The molecule has 1 N–H and O–H groups in total. The lowest BCUT2D eigenvalue weighted by molar-refractivity contribution is 0.227. The summed E-state index contributed by atoms with van der Waals surface area (Å²) in [7, 11) is 2.27. The van der Waals surface area contributed by atoms with E-state index in [1.807, 2.05) is 0 Å². The monoisotopic (exact) mass is 186 g/mol. The minimum absolute atomic E-state index is 0.455. The molecule has 3 heteroatoms. The van der Waals surface area contributed by atoms with E-state index in [4.69, 9.17) is 0 Å². The summed E-state index contributed by atoms with van der Waals surface area (Å²) >= 11 is 2.15. The molecule has 0 aromatic rings. The molecule has 70 valence electrons. The Labute approximate surface area is 79.1 Å². The summed E-state index contributed by atoms with van der Waals surface area (Å²) in [5, 5.41) is 3.55. The molecule has 0 radical (unpaired) electrons. The van der Waals surface area contributed by atoms with Crippen molar-refractivity contribution in [3.05, 3.63) is 0 Å². The molecule has 0 amide bonds. The van der Waals surface area contributed by atoms with Crippen LogP contribution in [0.3, 0.4) is 0 Å². The number of rotatable bonds is 0. The highest BCUT2D eigenvalue weighted by atomic mass is 32.2. The van der Waals surface area contributed by atoms with Crippen LogP contribution in [-0.2, 0) is 0 Å². The molecule has 2 saturated heterocycles. The number of nitrogens with zero attached hydrogens (tertiary/aromatic N) is 1. The third kappa shape index (κ3) is 1.50. The van der Waals surface area contributed by atoms with E-state index in [9.17, 15) is 0 Å². The Morgan fingerprint density at radius 2 is 2.33 bits per heavy atom. The van der Waals surface area contributed by atoms with Gasteiger partial charge in [-0.25, -0.2) is 0 Å². The van der Waals surface area contributed by atoms with Crippen molar-refractivity contribution in [3.8, 4) is 0 Å². The molecule has 0 bridgehead atoms. The smallest absolute Gasteiger partial charge is 0.0794 e. The van der Waals surface area contributed by atoms with Gasteiger partial charge in [-0.3, -0.25) is 4.90 Å². The summed E-state index contributed by atoms with van der Waals surface area (Å²) < 4.78 is 0. The van der Waals surface area contributed by atoms with E-state index in [1.165, 1.54) is 44.6 Å². The zero-order valence-electron chi connectivity index (χ0n) is 7.81. The minimum atomic E-state index is 0.455. The molecule has 2 nitrogen and oxygen atoms in total. The van der Waals surface area contributed by atoms with Crippen LogP contribution in [0.25, 0.3) is 0 Å². The van der Waals surface area contributed by atoms with Gasteiger partial charge in [0.05, 0.1) is 4.87 Å². The first-order chi connectivity index (χ1) is 5.83. The quantitative estimate of drug-likeness (QED) is 0.610. The van der Waals surface area contributed by atoms with Crippen LogP contribution in [0.4, 0.5) is 0 Å². The maximum absolute atomic E-state index is 3.55. The number of hydrogen-bond acceptors (Lipinski definition) is 3. The number of thioether (sulfide) groups is 1. The van der Waals surface area contributed by atoms with Crippen LogP contribution < -0.4 is 5.32 Å². The van der Waals surface area contributed by atoms with Gasteiger partial charge in [0.25, 0.3) is 0 Å². The van der Waals surface area contributed by atoms with Crippen LogP contribution in [0.2, 0.25) is 0 Å². The van der Waals surface area contributed by atoms with Crippen molar-refractivity contribution in [1.82, 2.24) is 10.2 Å². The topological polar surface area (TPSA) is 15.3 Å². The normalized spacial score (nSPS) is 38.8. The number of likely N-dealkylation sites (N-methyl/N-ethyl adjacent to an activating group) is 1. The Balaban J connectivity index is 2.05. The SMILES string of the molecule is CN1CCSC12CCCCNC2. The first kappa shape index (κ1) is 8.85. The molecule has 12 heavy (non-hydrogen) atoms. The fraction of sp³-hybridized carbons (Fsp3) is 1.00. The Bertz CT molecular complexity index is 153. The first-order valence-corrected chi connectivity index (χ1v) is 5.88. The Hall–Kier alpha value is 0.270. The second-order valence-corrected chi connectivity index (χ2v) is 5.31. The van der Waals surface area contributed by atoms with Gasteiger partial charge >= 0.3 is 0 Å². The second kappa shape index (κ2) is 3.56. The molecule has 0 aromatic heterocycles. The Morgan fingerprint density at radius 1 is 1.42 bits per heavy atom. The van der Waals surface area contributed by atoms with Gasteiger partial charge in [-0.15, -0.1) is 11.8 Å². The van der Waals surface area contributed by atoms with Crippen LogP contribution in [0.5, 0.6) is 0 Å². The number of nitrogens with one attached hydrogen (secondary N) is 1. The molecule has 2 fully saturated rings. The minimum Gasteiger partial charge on any atom is -0.314 e. The lowest BCUT2D eigenvalue weighted by atomic mass is 10.1. The molecule has 1 unspecified atom stereocenters. The van der Waals surface area contributed by atoms with Gasteiger partial charge in [-0.05, 0) is 32.9 Å². The zero-order chi connectivity index (χ0) is 8.44. The van der Waals surface area contributed by atoms with E-state index in [-0.39, 0.29) is 0 Å². The summed E-state index contributed by atoms with van der Waals surface area (Å²) in [4.78, 5) is 2.99. The van der Waals surface area contributed by atoms with Gasteiger partial charge in [-0.1, -0.05) is 0 Å². The van der Waals surface area contributed by atoms with E-state index in [0.29, 0.717) is 4.87 Å². The molecule has 2 heterocycles. The Kier molecular flexibility index (Phi) is 2.63. The fourth-order valence-corrected chi connectivity index (χ4v) is 3.71. The lowest BCUT2D eigenvalue weighted by Gasteiger charge is -2.34. The second-order valence-electron chi connectivity index (χ2n) is 3.85. The van der Waals surface area contributed by atoms with Gasteiger partial charge in [0.15, 0.2) is 0 Å². The van der Waals surface area contributed by atoms with Gasteiger partial charge in [0, 0.05) is 18.8 Å². The van der Waals surface area contributed by atoms with Gasteiger partial charge in [0.1, 0.15) is 0 Å². The van der Waals surface area contributed by atoms with E-state index in [2.05, 4.69) is 29.0 Å². The van der Waals surface area contributed by atoms with Crippen molar-refractivity contribution in [2.24, 2.45) is 0 Å². The molecule has 0 aromatic carbocycles. The van der Waals surface area contributed by atoms with Crippen molar-refractivity contribution in [3.63, 3.8) is 0 Å². The fourth-order valence-electron chi connectivity index (χ4n) is 2.16. The van der Waals surface area contributed by atoms with Crippen molar-refractivity contribution >= 4 is 11.8 Å². The maximum atomic E-state index is 3.55. The van der Waals surface area contributed by atoms with Crippen LogP contribution in [0.15, 0.2) is 0 Å². The highest BCUT2D eigenvalue weighted by molar-refractivity contribution is 8.00. The third-order valence-electron chi connectivity index (χ3n) is 3.07. The van der Waals surface area contributed by atoms with E-state index >= 15 is 0 Å². The standard InChI is InChI=1S/C9H18N2S/c1-11-6-7-12-9(11)4-2-3-5-10-8-9/h10H,2-8H2,1H3. The van der Waals surface area contributed by atoms with Gasteiger partial charge in [-0.2, -0.15) is 0 Å². The average molecular weight is 186 g/mol. The van der Waals surface area contributed by atoms with Crippen molar-refractivity contribution in [2.45, 2.75) is 24.1 Å². The molecule has 1 atom stereocenters. The summed E-state index contributed by atoms with van der Waals surface area (Å²) in [5.41, 5.74) is 0. The van der Waals surface area contributed by atoms with Crippen LogP contribution in [0, 0.1) is 0 Å². The molecule has 2 aliphatic rings. The summed E-state index contributed by atoms with van der Waals surface area (Å²) in [6.45, 7) is 3.68. The van der Waals surface area contributed by atoms with Crippen molar-refractivity contribution in [2.75, 3.05) is 32.4 Å². The molecular weight excluding hydrogens is 168 g/mol. The van der Waals surface area contributed by atoms with Crippen LogP contribution in [-0.4, -0.2) is 42.2 Å². The molecule has 2 aliphatic heterocycles. The lowest BCUT2D eigenvalue weighted by Crippen LogP contribution is -2.45. The third-order valence-corrected chi connectivity index (χ3v) is 4.65. The summed E-state index contributed by atoms with van der Waals surface area (Å²) in [5.74, 6) is 1.32. The average Bonchev–Trinajstić information content (AvgIpc) is 2.33. The van der Waals surface area contributed by atoms with Gasteiger partial charge < -0.3 is 5.32 Å². The molecular formula is C9H18N2S. The predicted molar refractivity (Wildman–Crippen MR) is 54.5 cm³/mol. The summed E-state index contributed by atoms with van der Waals surface area (Å²) in [6.07, 6.45) is 4.13. The summed E-state index contributed by atoms with van der Waals surface area (Å²) in [6, 6.07) is 0. The van der Waals surface area contributed by atoms with Crippen molar-refractivity contribution in [1.29, 1.82) is 0 Å². The molecule has 0 aliphatic carbocycles. The van der Waals surface area contributed by atoms with E-state index < -0.39 is 0 Å². The highest BCUT2D eigenvalue weighted by Gasteiger charge is 2.39. The molecule has 2 rings (SSSR count). The Morgan fingerprint density at radius 3 is 3.08 bits per heavy atom. The predicted octanol–water partition coefficient (Wildman–Crippen LogP) is 1.13. The highest BCUT2D eigenvalue weighted by Crippen LogP contribution is 2.39.